The van der Waals surface area contributed by atoms with Crippen LogP contribution in [0.25, 0.3) is 0 Å². The monoisotopic (exact) mass is 194 g/mol. The molecule has 0 spiro atoms. The average molecular weight is 194 g/mol. The second-order valence-corrected chi connectivity index (χ2v) is 3.10. The fourth-order valence-corrected chi connectivity index (χ4v) is 1.25. The third-order valence-corrected chi connectivity index (χ3v) is 1.97. The Morgan fingerprint density at radius 3 is 2.86 bits per heavy atom. The van der Waals surface area contributed by atoms with Gasteiger partial charge in [0.05, 0.1) is 12.7 Å². The molecule has 0 saturated carbocycles. The summed E-state index contributed by atoms with van der Waals surface area (Å²) in [7, 11) is 1.83. The van der Waals surface area contributed by atoms with Gasteiger partial charge in [0.15, 0.2) is 5.82 Å². The molecular formula is C8H10N4O2. The van der Waals surface area contributed by atoms with Gasteiger partial charge in [-0.25, -0.2) is 4.79 Å². The van der Waals surface area contributed by atoms with Crippen molar-refractivity contribution in [1.82, 2.24) is 19.5 Å². The molecule has 2 heterocycles. The summed E-state index contributed by atoms with van der Waals surface area (Å²) < 4.78 is 7.64. The van der Waals surface area contributed by atoms with Gasteiger partial charge in [0.1, 0.15) is 0 Å². The van der Waals surface area contributed by atoms with Crippen molar-refractivity contribution in [3.05, 3.63) is 34.3 Å². The van der Waals surface area contributed by atoms with Gasteiger partial charge in [-0.3, -0.25) is 13.8 Å². The molecule has 6 heteroatoms. The van der Waals surface area contributed by atoms with Crippen molar-refractivity contribution < 1.29 is 4.52 Å². The number of aromatic nitrogens is 4. The molecule has 2 aromatic heterocycles. The standard InChI is InChI=1S/C8H10N4O2/c1-6-10-14-8(13)12(6)5-7-3-9-11(2)4-7/h3-4H,5H2,1-2H3. The average Bonchev–Trinajstić information content (AvgIpc) is 2.67. The van der Waals surface area contributed by atoms with Crippen LogP contribution in [0.15, 0.2) is 21.7 Å². The Balaban J connectivity index is 2.31. The van der Waals surface area contributed by atoms with E-state index in [1.807, 2.05) is 13.2 Å². The normalized spacial score (nSPS) is 10.7. The smallest absolute Gasteiger partial charge is 0.296 e. The first-order valence-corrected chi connectivity index (χ1v) is 4.17. The molecule has 14 heavy (non-hydrogen) atoms. The van der Waals surface area contributed by atoms with E-state index < -0.39 is 5.76 Å². The Hall–Kier alpha value is -1.85. The van der Waals surface area contributed by atoms with E-state index in [1.165, 1.54) is 4.57 Å². The highest BCUT2D eigenvalue weighted by Gasteiger charge is 2.07. The summed E-state index contributed by atoms with van der Waals surface area (Å²) in [5.41, 5.74) is 0.945. The summed E-state index contributed by atoms with van der Waals surface area (Å²) in [6.07, 6.45) is 3.55. The minimum Gasteiger partial charge on any atom is -0.296 e. The van der Waals surface area contributed by atoms with Crippen molar-refractivity contribution >= 4 is 0 Å². The Morgan fingerprint density at radius 2 is 2.36 bits per heavy atom. The van der Waals surface area contributed by atoms with Crippen LogP contribution in [0.5, 0.6) is 0 Å². The fraction of sp³-hybridized carbons (Fsp3) is 0.375. The SMILES string of the molecule is Cc1noc(=O)n1Cc1cnn(C)c1. The Kier molecular flexibility index (Phi) is 1.95. The molecule has 0 N–H and O–H groups in total. The molecule has 0 aliphatic heterocycles. The van der Waals surface area contributed by atoms with Crippen molar-refractivity contribution in [3.8, 4) is 0 Å². The van der Waals surface area contributed by atoms with Crippen LogP contribution < -0.4 is 5.76 Å². The Morgan fingerprint density at radius 1 is 1.57 bits per heavy atom. The van der Waals surface area contributed by atoms with Gasteiger partial charge in [-0.05, 0) is 6.92 Å². The van der Waals surface area contributed by atoms with Crippen LogP contribution in [0, 0.1) is 6.92 Å². The molecule has 0 bridgehead atoms. The second-order valence-electron chi connectivity index (χ2n) is 3.10. The van der Waals surface area contributed by atoms with Crippen molar-refractivity contribution in [2.45, 2.75) is 13.5 Å². The van der Waals surface area contributed by atoms with Gasteiger partial charge in [0.25, 0.3) is 0 Å². The summed E-state index contributed by atoms with van der Waals surface area (Å²) in [6, 6.07) is 0. The molecule has 0 aromatic carbocycles. The quantitative estimate of drug-likeness (QED) is 0.671. The molecular weight excluding hydrogens is 184 g/mol. The van der Waals surface area contributed by atoms with Gasteiger partial charge in [0, 0.05) is 18.8 Å². The summed E-state index contributed by atoms with van der Waals surface area (Å²) in [6.45, 7) is 2.17. The minimum absolute atomic E-state index is 0.439. The molecule has 2 aromatic rings. The summed E-state index contributed by atoms with van der Waals surface area (Å²) in [5, 5.41) is 7.57. The fourth-order valence-electron chi connectivity index (χ4n) is 1.25. The van der Waals surface area contributed by atoms with Crippen LogP contribution in [-0.2, 0) is 13.6 Å². The Labute approximate surface area is 79.7 Å². The lowest BCUT2D eigenvalue weighted by Gasteiger charge is -1.96. The van der Waals surface area contributed by atoms with Crippen LogP contribution >= 0.6 is 0 Å². The van der Waals surface area contributed by atoms with E-state index in [4.69, 9.17) is 0 Å². The highest BCUT2D eigenvalue weighted by Crippen LogP contribution is 2.00. The van der Waals surface area contributed by atoms with E-state index in [-0.39, 0.29) is 0 Å². The number of nitrogens with zero attached hydrogens (tertiary/aromatic N) is 4. The zero-order valence-electron chi connectivity index (χ0n) is 7.97. The highest BCUT2D eigenvalue weighted by atomic mass is 16.5. The largest absolute Gasteiger partial charge is 0.441 e. The topological polar surface area (TPSA) is 65.8 Å². The number of rotatable bonds is 2. The van der Waals surface area contributed by atoms with Gasteiger partial charge in [-0.15, -0.1) is 0 Å². The molecule has 0 saturated heterocycles. The van der Waals surface area contributed by atoms with Crippen molar-refractivity contribution in [2.24, 2.45) is 7.05 Å². The summed E-state index contributed by atoms with van der Waals surface area (Å²) in [5.74, 6) is 0.130. The zero-order valence-corrected chi connectivity index (χ0v) is 7.97. The lowest BCUT2D eigenvalue weighted by Crippen LogP contribution is -2.16. The van der Waals surface area contributed by atoms with E-state index in [0.29, 0.717) is 12.4 Å². The van der Waals surface area contributed by atoms with E-state index in [1.54, 1.807) is 17.8 Å². The minimum atomic E-state index is -0.439. The Bertz CT molecular complexity index is 493. The van der Waals surface area contributed by atoms with E-state index in [2.05, 4.69) is 14.8 Å². The lowest BCUT2D eigenvalue weighted by atomic mass is 10.3. The maximum Gasteiger partial charge on any atom is 0.441 e. The van der Waals surface area contributed by atoms with Crippen LogP contribution in [0.3, 0.4) is 0 Å². The van der Waals surface area contributed by atoms with E-state index in [9.17, 15) is 4.79 Å². The van der Waals surface area contributed by atoms with Crippen molar-refractivity contribution in [3.63, 3.8) is 0 Å². The summed E-state index contributed by atoms with van der Waals surface area (Å²) >= 11 is 0. The first kappa shape index (κ1) is 8.74. The van der Waals surface area contributed by atoms with Crippen LogP contribution in [0.2, 0.25) is 0 Å². The van der Waals surface area contributed by atoms with Crippen molar-refractivity contribution in [2.75, 3.05) is 0 Å². The molecule has 74 valence electrons. The highest BCUT2D eigenvalue weighted by molar-refractivity contribution is 5.04. The lowest BCUT2D eigenvalue weighted by molar-refractivity contribution is 0.375. The number of hydrogen-bond acceptors (Lipinski definition) is 4. The van der Waals surface area contributed by atoms with E-state index >= 15 is 0 Å². The third-order valence-electron chi connectivity index (χ3n) is 1.97. The van der Waals surface area contributed by atoms with Crippen LogP contribution in [-0.4, -0.2) is 19.5 Å². The molecule has 0 unspecified atom stereocenters. The molecule has 6 nitrogen and oxygen atoms in total. The zero-order chi connectivity index (χ0) is 10.1. The first-order valence-electron chi connectivity index (χ1n) is 4.17. The molecule has 0 radical (unpaired) electrons. The summed E-state index contributed by atoms with van der Waals surface area (Å²) in [4.78, 5) is 11.2. The molecule has 0 aliphatic carbocycles. The maximum atomic E-state index is 11.2. The number of aryl methyl sites for hydroxylation is 2. The molecule has 0 atom stereocenters. The third kappa shape index (κ3) is 1.46. The molecule has 0 aliphatic rings. The van der Waals surface area contributed by atoms with E-state index in [0.717, 1.165) is 5.56 Å². The predicted molar refractivity (Wildman–Crippen MR) is 47.8 cm³/mol. The van der Waals surface area contributed by atoms with Gasteiger partial charge < -0.3 is 0 Å². The van der Waals surface area contributed by atoms with Crippen molar-refractivity contribution in [1.29, 1.82) is 0 Å². The number of hydrogen-bond donors (Lipinski definition) is 0. The first-order chi connectivity index (χ1) is 6.66. The predicted octanol–water partition coefficient (Wildman–Crippen LogP) is -0.0735. The van der Waals surface area contributed by atoms with Crippen LogP contribution in [0.1, 0.15) is 11.4 Å². The second kappa shape index (κ2) is 3.13. The molecule has 0 fully saturated rings. The maximum absolute atomic E-state index is 11.2. The van der Waals surface area contributed by atoms with Gasteiger partial charge in [-0.1, -0.05) is 5.16 Å². The molecule has 0 amide bonds. The van der Waals surface area contributed by atoms with Crippen LogP contribution in [0.4, 0.5) is 0 Å². The van der Waals surface area contributed by atoms with Gasteiger partial charge in [0.2, 0.25) is 0 Å². The van der Waals surface area contributed by atoms with Gasteiger partial charge in [-0.2, -0.15) is 5.10 Å². The molecule has 2 rings (SSSR count). The van der Waals surface area contributed by atoms with Gasteiger partial charge >= 0.3 is 5.76 Å².